The molecule has 0 aromatic heterocycles. The van der Waals surface area contributed by atoms with Crippen molar-refractivity contribution in [2.45, 2.75) is 57.7 Å². The predicted molar refractivity (Wildman–Crippen MR) is 89.5 cm³/mol. The Morgan fingerprint density at radius 2 is 1.91 bits per heavy atom. The van der Waals surface area contributed by atoms with Crippen LogP contribution in [0.2, 0.25) is 0 Å². The van der Waals surface area contributed by atoms with E-state index < -0.39 is 15.3 Å². The van der Waals surface area contributed by atoms with Crippen LogP contribution in [0.1, 0.15) is 46.5 Å². The summed E-state index contributed by atoms with van der Waals surface area (Å²) in [5, 5.41) is 2.72. The molecule has 4 atom stereocenters. The molecule has 132 valence electrons. The minimum absolute atomic E-state index is 0.103. The fourth-order valence-electron chi connectivity index (χ4n) is 4.99. The molecule has 2 bridgehead atoms. The average molecular weight is 343 g/mol. The van der Waals surface area contributed by atoms with E-state index in [0.29, 0.717) is 18.9 Å². The van der Waals surface area contributed by atoms with Crippen LogP contribution in [-0.4, -0.2) is 50.8 Å². The van der Waals surface area contributed by atoms with Gasteiger partial charge in [0.2, 0.25) is 10.0 Å². The maximum absolute atomic E-state index is 12.6. The standard InChI is InChI=1S/C16H29N3O3S/c1-15(2)11-5-7-16(15,3)13(9-11)18-14(20)19-8-6-12(10-19)23(21,22)17-4/h11-13,17H,5-10H2,1-4H3,(H,18,20)/t11-,12+,13-,16-/m1/s1. The molecule has 0 unspecified atom stereocenters. The zero-order valence-corrected chi connectivity index (χ0v) is 15.4. The van der Waals surface area contributed by atoms with Crippen molar-refractivity contribution in [3.8, 4) is 0 Å². The molecule has 2 aliphatic carbocycles. The van der Waals surface area contributed by atoms with Gasteiger partial charge in [0.25, 0.3) is 0 Å². The second-order valence-corrected chi connectivity index (χ2v) is 10.4. The van der Waals surface area contributed by atoms with Crippen LogP contribution >= 0.6 is 0 Å². The highest BCUT2D eigenvalue weighted by atomic mass is 32.2. The molecule has 1 saturated heterocycles. The van der Waals surface area contributed by atoms with Crippen molar-refractivity contribution in [3.05, 3.63) is 0 Å². The van der Waals surface area contributed by atoms with Crippen molar-refractivity contribution in [1.29, 1.82) is 0 Å². The Hall–Kier alpha value is -0.820. The number of sulfonamides is 1. The normalized spacial score (nSPS) is 39.0. The summed E-state index contributed by atoms with van der Waals surface area (Å²) in [7, 11) is -1.88. The first-order valence-electron chi connectivity index (χ1n) is 8.59. The molecule has 1 aliphatic heterocycles. The van der Waals surface area contributed by atoms with E-state index >= 15 is 0 Å². The van der Waals surface area contributed by atoms with E-state index in [-0.39, 0.29) is 29.4 Å². The second kappa shape index (κ2) is 5.34. The Balaban J connectivity index is 1.64. The molecule has 6 nitrogen and oxygen atoms in total. The minimum Gasteiger partial charge on any atom is -0.335 e. The molecule has 2 N–H and O–H groups in total. The monoisotopic (exact) mass is 343 g/mol. The highest BCUT2D eigenvalue weighted by molar-refractivity contribution is 7.90. The lowest BCUT2D eigenvalue weighted by Crippen LogP contribution is -2.51. The number of rotatable bonds is 3. The molecular formula is C16H29N3O3S. The van der Waals surface area contributed by atoms with Gasteiger partial charge in [-0.25, -0.2) is 17.9 Å². The van der Waals surface area contributed by atoms with Crippen molar-refractivity contribution in [1.82, 2.24) is 14.9 Å². The smallest absolute Gasteiger partial charge is 0.317 e. The molecule has 0 spiro atoms. The number of hydrogen-bond donors (Lipinski definition) is 2. The third-order valence-electron chi connectivity index (χ3n) is 7.25. The van der Waals surface area contributed by atoms with Crippen LogP contribution in [0.5, 0.6) is 0 Å². The first kappa shape index (κ1) is 17.0. The van der Waals surface area contributed by atoms with E-state index in [1.807, 2.05) is 0 Å². The van der Waals surface area contributed by atoms with Crippen molar-refractivity contribution in [2.75, 3.05) is 20.1 Å². The quantitative estimate of drug-likeness (QED) is 0.816. The number of urea groups is 1. The Kier molecular flexibility index (Phi) is 3.95. The van der Waals surface area contributed by atoms with Crippen LogP contribution in [0.3, 0.4) is 0 Å². The molecule has 1 heterocycles. The van der Waals surface area contributed by atoms with Gasteiger partial charge in [-0.1, -0.05) is 20.8 Å². The summed E-state index contributed by atoms with van der Waals surface area (Å²) in [6.07, 6.45) is 3.96. The third-order valence-corrected chi connectivity index (χ3v) is 9.08. The van der Waals surface area contributed by atoms with Gasteiger partial charge in [0, 0.05) is 19.1 Å². The molecule has 7 heteroatoms. The number of fused-ring (bicyclic) bond motifs is 2. The number of nitrogens with zero attached hydrogens (tertiary/aromatic N) is 1. The molecule has 3 aliphatic rings. The highest BCUT2D eigenvalue weighted by Crippen LogP contribution is 2.65. The van der Waals surface area contributed by atoms with Crippen LogP contribution in [-0.2, 0) is 10.0 Å². The summed E-state index contributed by atoms with van der Waals surface area (Å²) < 4.78 is 26.1. The molecular weight excluding hydrogens is 314 g/mol. The largest absolute Gasteiger partial charge is 0.335 e. The molecule has 2 saturated carbocycles. The lowest BCUT2D eigenvalue weighted by molar-refractivity contribution is 0.119. The zero-order chi connectivity index (χ0) is 17.0. The van der Waals surface area contributed by atoms with E-state index in [2.05, 4.69) is 30.8 Å². The summed E-state index contributed by atoms with van der Waals surface area (Å²) in [6.45, 7) is 7.73. The Labute approximate surface area is 139 Å². The van der Waals surface area contributed by atoms with Gasteiger partial charge in [0.05, 0.1) is 5.25 Å². The third kappa shape index (κ3) is 2.47. The average Bonchev–Trinajstić information content (AvgIpc) is 3.11. The fraction of sp³-hybridized carbons (Fsp3) is 0.938. The second-order valence-electron chi connectivity index (χ2n) is 8.22. The fourth-order valence-corrected chi connectivity index (χ4v) is 6.12. The maximum atomic E-state index is 12.6. The van der Waals surface area contributed by atoms with E-state index in [1.165, 1.54) is 13.5 Å². The zero-order valence-electron chi connectivity index (χ0n) is 14.6. The van der Waals surface area contributed by atoms with Crippen LogP contribution < -0.4 is 10.0 Å². The first-order chi connectivity index (χ1) is 10.6. The first-order valence-corrected chi connectivity index (χ1v) is 10.1. The van der Waals surface area contributed by atoms with Gasteiger partial charge in [-0.3, -0.25) is 0 Å². The SMILES string of the molecule is CNS(=O)(=O)[C@H]1CCN(C(=O)N[C@@H]2C[C@H]3CC[C@@]2(C)C3(C)C)C1. The Morgan fingerprint density at radius 3 is 2.43 bits per heavy atom. The van der Waals surface area contributed by atoms with Gasteiger partial charge in [0.1, 0.15) is 0 Å². The molecule has 0 radical (unpaired) electrons. The molecule has 23 heavy (non-hydrogen) atoms. The highest BCUT2D eigenvalue weighted by Gasteiger charge is 2.61. The van der Waals surface area contributed by atoms with Gasteiger partial charge in [-0.05, 0) is 49.5 Å². The topological polar surface area (TPSA) is 78.5 Å². The maximum Gasteiger partial charge on any atom is 0.317 e. The Bertz CT molecular complexity index is 604. The van der Waals surface area contributed by atoms with Crippen LogP contribution in [0.15, 0.2) is 0 Å². The van der Waals surface area contributed by atoms with Crippen molar-refractivity contribution in [2.24, 2.45) is 16.7 Å². The molecule has 2 amide bonds. The summed E-state index contributed by atoms with van der Waals surface area (Å²) in [6, 6.07) is 0.0945. The minimum atomic E-state index is -3.30. The molecule has 3 fully saturated rings. The van der Waals surface area contributed by atoms with Crippen molar-refractivity contribution < 1.29 is 13.2 Å². The van der Waals surface area contributed by atoms with E-state index in [9.17, 15) is 13.2 Å². The van der Waals surface area contributed by atoms with Gasteiger partial charge >= 0.3 is 6.03 Å². The van der Waals surface area contributed by atoms with Crippen LogP contribution in [0.4, 0.5) is 4.79 Å². The van der Waals surface area contributed by atoms with Crippen molar-refractivity contribution in [3.63, 3.8) is 0 Å². The molecule has 3 rings (SSSR count). The van der Waals surface area contributed by atoms with Gasteiger partial charge in [-0.15, -0.1) is 0 Å². The number of amides is 2. The van der Waals surface area contributed by atoms with Crippen molar-refractivity contribution >= 4 is 16.1 Å². The van der Waals surface area contributed by atoms with Crippen LogP contribution in [0, 0.1) is 16.7 Å². The number of carbonyl (C=O) groups is 1. The number of carbonyl (C=O) groups excluding carboxylic acids is 1. The number of likely N-dealkylation sites (tertiary alicyclic amines) is 1. The van der Waals surface area contributed by atoms with Gasteiger partial charge < -0.3 is 10.2 Å². The predicted octanol–water partition coefficient (Wildman–Crippen LogP) is 1.53. The lowest BCUT2D eigenvalue weighted by atomic mass is 9.69. The summed E-state index contributed by atoms with van der Waals surface area (Å²) in [5.74, 6) is 0.675. The summed E-state index contributed by atoms with van der Waals surface area (Å²) in [4.78, 5) is 14.2. The van der Waals surface area contributed by atoms with Crippen LogP contribution in [0.25, 0.3) is 0 Å². The van der Waals surface area contributed by atoms with E-state index in [4.69, 9.17) is 0 Å². The molecule has 0 aromatic rings. The number of hydrogen-bond acceptors (Lipinski definition) is 3. The summed E-state index contributed by atoms with van der Waals surface area (Å²) >= 11 is 0. The van der Waals surface area contributed by atoms with E-state index in [0.717, 1.165) is 12.8 Å². The van der Waals surface area contributed by atoms with Gasteiger partial charge in [0.15, 0.2) is 0 Å². The molecule has 0 aromatic carbocycles. The van der Waals surface area contributed by atoms with E-state index in [1.54, 1.807) is 4.90 Å². The lowest BCUT2D eigenvalue weighted by Gasteiger charge is -2.40. The van der Waals surface area contributed by atoms with Gasteiger partial charge in [-0.2, -0.15) is 0 Å². The summed E-state index contributed by atoms with van der Waals surface area (Å²) in [5.41, 5.74) is 0.400. The number of nitrogens with one attached hydrogen (secondary N) is 2. The Morgan fingerprint density at radius 1 is 1.22 bits per heavy atom.